The Labute approximate surface area is 151 Å². The first-order valence-electron chi connectivity index (χ1n) is 9.09. The van der Waals surface area contributed by atoms with Gasteiger partial charge in [-0.3, -0.25) is 14.7 Å². The van der Waals surface area contributed by atoms with Crippen LogP contribution in [0.1, 0.15) is 44.3 Å². The standard InChI is InChI=1S/C20H21N3O3/c24-19-17(22-20(25)23(19)15-7-3-1-2-4-8-15)12-16-9-10-18(26-16)14-6-5-11-21-13-14/h5-6,9-13,15H,1-4,7-8H2,(H,22,25). The summed E-state index contributed by atoms with van der Waals surface area (Å²) in [5.41, 5.74) is 1.13. The predicted molar refractivity (Wildman–Crippen MR) is 96.8 cm³/mol. The van der Waals surface area contributed by atoms with Gasteiger partial charge in [0.1, 0.15) is 17.2 Å². The van der Waals surface area contributed by atoms with Crippen molar-refractivity contribution in [3.8, 4) is 11.3 Å². The largest absolute Gasteiger partial charge is 0.457 e. The lowest BCUT2D eigenvalue weighted by molar-refractivity contribution is -0.124. The summed E-state index contributed by atoms with van der Waals surface area (Å²) in [5.74, 6) is 0.929. The van der Waals surface area contributed by atoms with Gasteiger partial charge in [-0.25, -0.2) is 4.79 Å². The second-order valence-corrected chi connectivity index (χ2v) is 6.75. The second-order valence-electron chi connectivity index (χ2n) is 6.75. The van der Waals surface area contributed by atoms with Crippen LogP contribution in [0.4, 0.5) is 4.79 Å². The number of hydrogen-bond donors (Lipinski definition) is 1. The van der Waals surface area contributed by atoms with Gasteiger partial charge in [0.15, 0.2) is 0 Å². The molecule has 0 atom stereocenters. The van der Waals surface area contributed by atoms with Gasteiger partial charge >= 0.3 is 6.03 Å². The number of nitrogens with zero attached hydrogens (tertiary/aromatic N) is 2. The van der Waals surface area contributed by atoms with Crippen LogP contribution in [0.15, 0.2) is 46.8 Å². The van der Waals surface area contributed by atoms with E-state index >= 15 is 0 Å². The number of rotatable bonds is 3. The summed E-state index contributed by atoms with van der Waals surface area (Å²) in [6, 6.07) is 7.02. The van der Waals surface area contributed by atoms with Crippen LogP contribution >= 0.6 is 0 Å². The molecule has 0 spiro atoms. The Hall–Kier alpha value is -2.89. The number of carbonyl (C=O) groups is 2. The molecule has 1 aliphatic heterocycles. The quantitative estimate of drug-likeness (QED) is 0.516. The van der Waals surface area contributed by atoms with Crippen LogP contribution < -0.4 is 5.32 Å². The normalized spacial score (nSPS) is 20.5. The highest BCUT2D eigenvalue weighted by molar-refractivity contribution is 6.14. The van der Waals surface area contributed by atoms with Crippen molar-refractivity contribution >= 4 is 18.0 Å². The monoisotopic (exact) mass is 351 g/mol. The van der Waals surface area contributed by atoms with Crippen LogP contribution in [0.5, 0.6) is 0 Å². The maximum atomic E-state index is 12.7. The van der Waals surface area contributed by atoms with E-state index in [1.54, 1.807) is 24.5 Å². The molecule has 1 saturated heterocycles. The van der Waals surface area contributed by atoms with E-state index in [1.165, 1.54) is 17.7 Å². The summed E-state index contributed by atoms with van der Waals surface area (Å²) in [7, 11) is 0. The van der Waals surface area contributed by atoms with Crippen LogP contribution in [-0.2, 0) is 4.79 Å². The minimum absolute atomic E-state index is 0.00143. The Morgan fingerprint density at radius 2 is 1.92 bits per heavy atom. The maximum Gasteiger partial charge on any atom is 0.329 e. The smallest absolute Gasteiger partial charge is 0.329 e. The molecule has 2 aliphatic rings. The lowest BCUT2D eigenvalue weighted by Crippen LogP contribution is -2.40. The Morgan fingerprint density at radius 1 is 1.12 bits per heavy atom. The molecule has 2 aromatic heterocycles. The molecule has 2 fully saturated rings. The number of imide groups is 1. The lowest BCUT2D eigenvalue weighted by Gasteiger charge is -2.23. The molecule has 1 saturated carbocycles. The maximum absolute atomic E-state index is 12.7. The highest BCUT2D eigenvalue weighted by atomic mass is 16.3. The molecular weight excluding hydrogens is 330 g/mol. The molecule has 0 radical (unpaired) electrons. The van der Waals surface area contributed by atoms with Gasteiger partial charge in [0, 0.05) is 30.1 Å². The van der Waals surface area contributed by atoms with Gasteiger partial charge in [0.2, 0.25) is 0 Å². The molecular formula is C20H21N3O3. The number of urea groups is 1. The van der Waals surface area contributed by atoms with Crippen molar-refractivity contribution in [3.05, 3.63) is 48.1 Å². The third kappa shape index (κ3) is 3.27. The predicted octanol–water partition coefficient (Wildman–Crippen LogP) is 3.96. The molecule has 2 aromatic rings. The summed E-state index contributed by atoms with van der Waals surface area (Å²) in [6.45, 7) is 0. The molecule has 0 aromatic carbocycles. The fourth-order valence-electron chi connectivity index (χ4n) is 3.63. The van der Waals surface area contributed by atoms with Gasteiger partial charge in [0.25, 0.3) is 5.91 Å². The third-order valence-electron chi connectivity index (χ3n) is 4.96. The van der Waals surface area contributed by atoms with E-state index in [2.05, 4.69) is 10.3 Å². The van der Waals surface area contributed by atoms with Crippen molar-refractivity contribution in [1.29, 1.82) is 0 Å². The van der Waals surface area contributed by atoms with Gasteiger partial charge in [-0.1, -0.05) is 25.7 Å². The zero-order valence-electron chi connectivity index (χ0n) is 14.5. The average molecular weight is 351 g/mol. The molecule has 1 N–H and O–H groups in total. The number of amides is 3. The van der Waals surface area contributed by atoms with Gasteiger partial charge in [-0.05, 0) is 37.1 Å². The number of furan rings is 1. The summed E-state index contributed by atoms with van der Waals surface area (Å²) in [4.78, 5) is 30.5. The van der Waals surface area contributed by atoms with E-state index in [1.807, 2.05) is 18.2 Å². The topological polar surface area (TPSA) is 75.4 Å². The second kappa shape index (κ2) is 7.15. The summed E-state index contributed by atoms with van der Waals surface area (Å²) < 4.78 is 5.78. The van der Waals surface area contributed by atoms with Crippen LogP contribution in [-0.4, -0.2) is 27.9 Å². The van der Waals surface area contributed by atoms with Crippen molar-refractivity contribution in [2.45, 2.75) is 44.6 Å². The van der Waals surface area contributed by atoms with Gasteiger partial charge in [-0.15, -0.1) is 0 Å². The average Bonchev–Trinajstić information content (AvgIpc) is 3.11. The number of carbonyl (C=O) groups excluding carboxylic acids is 2. The number of aromatic nitrogens is 1. The number of hydrogen-bond acceptors (Lipinski definition) is 4. The molecule has 3 amide bonds. The van der Waals surface area contributed by atoms with E-state index < -0.39 is 0 Å². The Morgan fingerprint density at radius 3 is 2.65 bits per heavy atom. The van der Waals surface area contributed by atoms with Gasteiger partial charge in [0.05, 0.1) is 0 Å². The third-order valence-corrected chi connectivity index (χ3v) is 4.96. The molecule has 0 unspecified atom stereocenters. The Balaban J connectivity index is 1.54. The zero-order chi connectivity index (χ0) is 17.9. The fraction of sp³-hybridized carbons (Fsp3) is 0.350. The minimum atomic E-state index is -0.327. The molecule has 6 heteroatoms. The highest BCUT2D eigenvalue weighted by Gasteiger charge is 2.38. The van der Waals surface area contributed by atoms with Crippen LogP contribution in [0.2, 0.25) is 0 Å². The number of pyridine rings is 1. The first-order valence-corrected chi connectivity index (χ1v) is 9.09. The number of nitrogens with one attached hydrogen (secondary N) is 1. The lowest BCUT2D eigenvalue weighted by atomic mass is 10.1. The van der Waals surface area contributed by atoms with Gasteiger partial charge < -0.3 is 9.73 Å². The molecule has 1 aliphatic carbocycles. The van der Waals surface area contributed by atoms with Crippen molar-refractivity contribution in [3.63, 3.8) is 0 Å². The van der Waals surface area contributed by atoms with Crippen molar-refractivity contribution in [2.24, 2.45) is 0 Å². The Bertz CT molecular complexity index is 833. The molecule has 26 heavy (non-hydrogen) atoms. The molecule has 0 bridgehead atoms. The summed E-state index contributed by atoms with van der Waals surface area (Å²) >= 11 is 0. The first kappa shape index (κ1) is 16.6. The fourth-order valence-corrected chi connectivity index (χ4v) is 3.63. The van der Waals surface area contributed by atoms with Crippen molar-refractivity contribution in [1.82, 2.24) is 15.2 Å². The first-order chi connectivity index (χ1) is 12.7. The highest BCUT2D eigenvalue weighted by Crippen LogP contribution is 2.27. The van der Waals surface area contributed by atoms with E-state index in [0.717, 1.165) is 31.2 Å². The summed E-state index contributed by atoms with van der Waals surface area (Å²) in [5, 5.41) is 2.70. The minimum Gasteiger partial charge on any atom is -0.457 e. The zero-order valence-corrected chi connectivity index (χ0v) is 14.5. The van der Waals surface area contributed by atoms with Crippen LogP contribution in [0, 0.1) is 0 Å². The van der Waals surface area contributed by atoms with E-state index in [9.17, 15) is 9.59 Å². The van der Waals surface area contributed by atoms with Crippen LogP contribution in [0.25, 0.3) is 17.4 Å². The van der Waals surface area contributed by atoms with E-state index in [4.69, 9.17) is 4.42 Å². The summed E-state index contributed by atoms with van der Waals surface area (Å²) in [6.07, 6.45) is 11.3. The molecule has 3 heterocycles. The molecule has 6 nitrogen and oxygen atoms in total. The SMILES string of the molecule is O=C1NC(=Cc2ccc(-c3cccnc3)o2)C(=O)N1C1CCCCCC1. The molecule has 134 valence electrons. The van der Waals surface area contributed by atoms with Crippen molar-refractivity contribution in [2.75, 3.05) is 0 Å². The Kier molecular flexibility index (Phi) is 4.56. The van der Waals surface area contributed by atoms with E-state index in [-0.39, 0.29) is 23.7 Å². The van der Waals surface area contributed by atoms with E-state index in [0.29, 0.717) is 11.5 Å². The van der Waals surface area contributed by atoms with Crippen molar-refractivity contribution < 1.29 is 14.0 Å². The molecule has 4 rings (SSSR count). The van der Waals surface area contributed by atoms with Crippen LogP contribution in [0.3, 0.4) is 0 Å². The van der Waals surface area contributed by atoms with Gasteiger partial charge in [-0.2, -0.15) is 0 Å².